The van der Waals surface area contributed by atoms with Crippen LogP contribution >= 0.6 is 0 Å². The molecule has 0 heterocycles. The summed E-state index contributed by atoms with van der Waals surface area (Å²) in [6.07, 6.45) is 8.75. The first-order valence-corrected chi connectivity index (χ1v) is 7.18. The van der Waals surface area contributed by atoms with Gasteiger partial charge in [-0.2, -0.15) is 0 Å². The molecule has 17 heavy (non-hydrogen) atoms. The van der Waals surface area contributed by atoms with E-state index in [9.17, 15) is 4.79 Å². The fourth-order valence-corrected chi connectivity index (χ4v) is 2.40. The van der Waals surface area contributed by atoms with Gasteiger partial charge < -0.3 is 10.6 Å². The molecule has 0 aromatic carbocycles. The standard InChI is InChI=1S/C14H28N2O/c1-12(2)11-14(17)16-10-9-15-13-7-5-3-4-6-8-13/h12-13,15H,3-11H2,1-2H3,(H,16,17). The average Bonchev–Trinajstić information content (AvgIpc) is 2.52. The zero-order valence-corrected chi connectivity index (χ0v) is 11.4. The molecule has 0 radical (unpaired) electrons. The number of hydrogen-bond acceptors (Lipinski definition) is 2. The third-order valence-corrected chi connectivity index (χ3v) is 3.33. The minimum Gasteiger partial charge on any atom is -0.355 e. The van der Waals surface area contributed by atoms with Gasteiger partial charge in [0.1, 0.15) is 0 Å². The maximum absolute atomic E-state index is 11.4. The van der Waals surface area contributed by atoms with Gasteiger partial charge in [0.05, 0.1) is 0 Å². The van der Waals surface area contributed by atoms with Crippen molar-refractivity contribution in [3.05, 3.63) is 0 Å². The summed E-state index contributed by atoms with van der Waals surface area (Å²) < 4.78 is 0. The Morgan fingerprint density at radius 3 is 2.35 bits per heavy atom. The van der Waals surface area contributed by atoms with Crippen LogP contribution in [0.1, 0.15) is 58.8 Å². The number of carbonyl (C=O) groups is 1. The van der Waals surface area contributed by atoms with Gasteiger partial charge in [-0.05, 0) is 18.8 Å². The Hall–Kier alpha value is -0.570. The second kappa shape index (κ2) is 8.51. The third kappa shape index (κ3) is 7.37. The summed E-state index contributed by atoms with van der Waals surface area (Å²) in [5.41, 5.74) is 0. The lowest BCUT2D eigenvalue weighted by molar-refractivity contribution is -0.121. The van der Waals surface area contributed by atoms with Gasteiger partial charge in [-0.1, -0.05) is 39.5 Å². The van der Waals surface area contributed by atoms with Crippen molar-refractivity contribution in [2.45, 2.75) is 64.8 Å². The fraction of sp³-hybridized carbons (Fsp3) is 0.929. The van der Waals surface area contributed by atoms with E-state index in [1.807, 2.05) is 0 Å². The number of rotatable bonds is 6. The molecular formula is C14H28N2O. The normalized spacial score (nSPS) is 18.1. The SMILES string of the molecule is CC(C)CC(=O)NCCNC1CCCCCC1. The molecule has 1 aliphatic rings. The molecule has 1 rings (SSSR count). The van der Waals surface area contributed by atoms with Gasteiger partial charge in [0.2, 0.25) is 5.91 Å². The van der Waals surface area contributed by atoms with Gasteiger partial charge in [-0.3, -0.25) is 4.79 Å². The largest absolute Gasteiger partial charge is 0.355 e. The molecule has 0 bridgehead atoms. The highest BCUT2D eigenvalue weighted by atomic mass is 16.1. The molecule has 3 heteroatoms. The van der Waals surface area contributed by atoms with Crippen LogP contribution < -0.4 is 10.6 Å². The van der Waals surface area contributed by atoms with Crippen molar-refractivity contribution in [1.29, 1.82) is 0 Å². The van der Waals surface area contributed by atoms with Gasteiger partial charge in [-0.25, -0.2) is 0 Å². The molecule has 0 atom stereocenters. The Kier molecular flexibility index (Phi) is 7.25. The minimum atomic E-state index is 0.183. The second-order valence-corrected chi connectivity index (χ2v) is 5.59. The van der Waals surface area contributed by atoms with Gasteiger partial charge in [0.15, 0.2) is 0 Å². The molecule has 100 valence electrons. The van der Waals surface area contributed by atoms with Crippen molar-refractivity contribution in [2.75, 3.05) is 13.1 Å². The Bertz CT molecular complexity index is 208. The Balaban J connectivity index is 2.01. The number of hydrogen-bond donors (Lipinski definition) is 2. The predicted octanol–water partition coefficient (Wildman–Crippen LogP) is 2.46. The molecule has 1 amide bonds. The Labute approximate surface area is 106 Å². The van der Waals surface area contributed by atoms with E-state index in [1.165, 1.54) is 38.5 Å². The Morgan fingerprint density at radius 2 is 1.76 bits per heavy atom. The maximum atomic E-state index is 11.4. The summed E-state index contributed by atoms with van der Waals surface area (Å²) in [4.78, 5) is 11.4. The van der Waals surface area contributed by atoms with E-state index in [2.05, 4.69) is 24.5 Å². The summed E-state index contributed by atoms with van der Waals surface area (Å²) >= 11 is 0. The van der Waals surface area contributed by atoms with Crippen molar-refractivity contribution in [2.24, 2.45) is 5.92 Å². The van der Waals surface area contributed by atoms with Gasteiger partial charge in [0.25, 0.3) is 0 Å². The van der Waals surface area contributed by atoms with E-state index in [-0.39, 0.29) is 5.91 Å². The molecule has 0 saturated heterocycles. The molecule has 3 nitrogen and oxygen atoms in total. The number of carbonyl (C=O) groups excluding carboxylic acids is 1. The van der Waals surface area contributed by atoms with Crippen LogP contribution in [-0.2, 0) is 4.79 Å². The topological polar surface area (TPSA) is 41.1 Å². The monoisotopic (exact) mass is 240 g/mol. The van der Waals surface area contributed by atoms with Crippen LogP contribution in [0.2, 0.25) is 0 Å². The summed E-state index contributed by atoms with van der Waals surface area (Å²) in [5.74, 6) is 0.632. The van der Waals surface area contributed by atoms with Crippen LogP contribution in [0.15, 0.2) is 0 Å². The van der Waals surface area contributed by atoms with Crippen LogP contribution in [0.3, 0.4) is 0 Å². The predicted molar refractivity (Wildman–Crippen MR) is 72.0 cm³/mol. The third-order valence-electron chi connectivity index (χ3n) is 3.33. The zero-order chi connectivity index (χ0) is 12.5. The highest BCUT2D eigenvalue weighted by molar-refractivity contribution is 5.75. The Morgan fingerprint density at radius 1 is 1.12 bits per heavy atom. The molecule has 1 saturated carbocycles. The lowest BCUT2D eigenvalue weighted by Gasteiger charge is -2.16. The molecule has 0 aliphatic heterocycles. The van der Waals surface area contributed by atoms with E-state index in [4.69, 9.17) is 0 Å². The van der Waals surface area contributed by atoms with Crippen molar-refractivity contribution in [1.82, 2.24) is 10.6 Å². The van der Waals surface area contributed by atoms with E-state index in [0.717, 1.165) is 13.1 Å². The molecule has 2 N–H and O–H groups in total. The first-order chi connectivity index (χ1) is 8.18. The molecule has 0 unspecified atom stereocenters. The van der Waals surface area contributed by atoms with Crippen molar-refractivity contribution in [3.8, 4) is 0 Å². The van der Waals surface area contributed by atoms with Crippen LogP contribution in [0.4, 0.5) is 0 Å². The highest BCUT2D eigenvalue weighted by Gasteiger charge is 2.11. The first-order valence-electron chi connectivity index (χ1n) is 7.18. The van der Waals surface area contributed by atoms with Gasteiger partial charge in [-0.15, -0.1) is 0 Å². The molecule has 1 aliphatic carbocycles. The number of amides is 1. The quantitative estimate of drug-likeness (QED) is 0.553. The van der Waals surface area contributed by atoms with Gasteiger partial charge in [0, 0.05) is 25.6 Å². The lowest BCUT2D eigenvalue weighted by atomic mass is 10.1. The first kappa shape index (κ1) is 14.5. The second-order valence-electron chi connectivity index (χ2n) is 5.59. The van der Waals surface area contributed by atoms with E-state index in [0.29, 0.717) is 18.4 Å². The van der Waals surface area contributed by atoms with E-state index in [1.54, 1.807) is 0 Å². The molecular weight excluding hydrogens is 212 g/mol. The van der Waals surface area contributed by atoms with Crippen molar-refractivity contribution < 1.29 is 4.79 Å². The average molecular weight is 240 g/mol. The van der Waals surface area contributed by atoms with Gasteiger partial charge >= 0.3 is 0 Å². The highest BCUT2D eigenvalue weighted by Crippen LogP contribution is 2.16. The van der Waals surface area contributed by atoms with Crippen LogP contribution in [0, 0.1) is 5.92 Å². The maximum Gasteiger partial charge on any atom is 0.220 e. The van der Waals surface area contributed by atoms with Crippen LogP contribution in [0.25, 0.3) is 0 Å². The zero-order valence-electron chi connectivity index (χ0n) is 11.4. The fourth-order valence-electron chi connectivity index (χ4n) is 2.40. The van der Waals surface area contributed by atoms with Crippen LogP contribution in [0.5, 0.6) is 0 Å². The van der Waals surface area contributed by atoms with Crippen molar-refractivity contribution in [3.63, 3.8) is 0 Å². The molecule has 0 spiro atoms. The van der Waals surface area contributed by atoms with Crippen molar-refractivity contribution >= 4 is 5.91 Å². The van der Waals surface area contributed by atoms with Crippen LogP contribution in [-0.4, -0.2) is 25.0 Å². The molecule has 1 fully saturated rings. The summed E-state index contributed by atoms with van der Waals surface area (Å²) in [6, 6.07) is 0.680. The molecule has 0 aromatic heterocycles. The lowest BCUT2D eigenvalue weighted by Crippen LogP contribution is -2.37. The minimum absolute atomic E-state index is 0.183. The molecule has 0 aromatic rings. The summed E-state index contributed by atoms with van der Waals surface area (Å²) in [6.45, 7) is 5.82. The smallest absolute Gasteiger partial charge is 0.220 e. The van der Waals surface area contributed by atoms with E-state index >= 15 is 0 Å². The van der Waals surface area contributed by atoms with E-state index < -0.39 is 0 Å². The summed E-state index contributed by atoms with van der Waals surface area (Å²) in [7, 11) is 0. The number of nitrogens with one attached hydrogen (secondary N) is 2. The summed E-state index contributed by atoms with van der Waals surface area (Å²) in [5, 5.41) is 6.52.